The maximum absolute atomic E-state index is 13.5. The summed E-state index contributed by atoms with van der Waals surface area (Å²) in [4.78, 5) is 52.7. The number of fused-ring (bicyclic) bond motifs is 5. The first-order valence-electron chi connectivity index (χ1n) is 12.7. The van der Waals surface area contributed by atoms with Crippen LogP contribution in [0.1, 0.15) is 34.7 Å². The van der Waals surface area contributed by atoms with E-state index in [2.05, 4.69) is 17.4 Å². The van der Waals surface area contributed by atoms with E-state index in [1.807, 2.05) is 18.2 Å². The zero-order valence-electron chi connectivity index (χ0n) is 20.4. The molecule has 0 aromatic heterocycles. The molecule has 0 radical (unpaired) electrons. The second-order valence-electron chi connectivity index (χ2n) is 10.2. The lowest BCUT2D eigenvalue weighted by molar-refractivity contribution is -0.123. The largest absolute Gasteiger partial charge is 0.452 e. The minimum Gasteiger partial charge on any atom is -0.452 e. The predicted octanol–water partition coefficient (Wildman–Crippen LogP) is 5.06. The maximum Gasteiger partial charge on any atom is 0.338 e. The molecular weight excluding hydrogens is 504 g/mol. The molecule has 5 atom stereocenters. The van der Waals surface area contributed by atoms with Crippen molar-refractivity contribution in [3.8, 4) is 0 Å². The molecule has 7 nitrogen and oxygen atoms in total. The number of imide groups is 1. The second kappa shape index (κ2) is 9.72. The van der Waals surface area contributed by atoms with Crippen LogP contribution in [0, 0.1) is 23.7 Å². The van der Waals surface area contributed by atoms with E-state index in [1.165, 1.54) is 22.6 Å². The molecule has 2 aliphatic carbocycles. The van der Waals surface area contributed by atoms with Gasteiger partial charge in [0.25, 0.3) is 5.91 Å². The van der Waals surface area contributed by atoms with Gasteiger partial charge in [0.15, 0.2) is 6.61 Å². The molecule has 0 spiro atoms. The van der Waals surface area contributed by atoms with Gasteiger partial charge in [0, 0.05) is 10.7 Å². The van der Waals surface area contributed by atoms with Gasteiger partial charge >= 0.3 is 5.97 Å². The van der Waals surface area contributed by atoms with Crippen molar-refractivity contribution in [2.75, 3.05) is 16.8 Å². The Kier molecular flexibility index (Phi) is 6.24. The van der Waals surface area contributed by atoms with Crippen LogP contribution in [0.4, 0.5) is 11.4 Å². The maximum atomic E-state index is 13.5. The van der Waals surface area contributed by atoms with E-state index in [-0.39, 0.29) is 41.0 Å². The molecule has 3 aromatic rings. The number of hydrogen-bond donors (Lipinski definition) is 1. The molecular formula is C30H25ClN2O5. The van der Waals surface area contributed by atoms with E-state index in [1.54, 1.807) is 36.4 Å². The van der Waals surface area contributed by atoms with Crippen molar-refractivity contribution >= 4 is 46.7 Å². The van der Waals surface area contributed by atoms with Gasteiger partial charge in [-0.3, -0.25) is 19.3 Å². The Labute approximate surface area is 224 Å². The molecule has 3 aromatic carbocycles. The molecule has 1 N–H and O–H groups in total. The molecule has 3 aliphatic rings. The predicted molar refractivity (Wildman–Crippen MR) is 142 cm³/mol. The van der Waals surface area contributed by atoms with Crippen molar-refractivity contribution in [3.05, 3.63) is 95.0 Å². The van der Waals surface area contributed by atoms with E-state index in [0.29, 0.717) is 22.3 Å². The number of rotatable bonds is 6. The van der Waals surface area contributed by atoms with Gasteiger partial charge in [0.05, 0.1) is 23.1 Å². The number of ether oxygens (including phenoxy) is 1. The van der Waals surface area contributed by atoms with Crippen molar-refractivity contribution < 1.29 is 23.9 Å². The highest BCUT2D eigenvalue weighted by Crippen LogP contribution is 2.61. The highest BCUT2D eigenvalue weighted by atomic mass is 35.5. The SMILES string of the molecule is O=C(COC(=O)c1ccc(N2C(=O)[C@@H]3[C@@H]4C[C@@H]([C@@H]3C2=O)[C@H](c2ccccc2)C4)cc1)Nc1cccc(Cl)c1. The summed E-state index contributed by atoms with van der Waals surface area (Å²) in [5.41, 5.74) is 2.39. The highest BCUT2D eigenvalue weighted by molar-refractivity contribution is 6.30. The number of hydrogen-bond acceptors (Lipinski definition) is 5. The molecule has 3 fully saturated rings. The Morgan fingerprint density at radius 1 is 0.895 bits per heavy atom. The molecule has 1 aliphatic heterocycles. The van der Waals surface area contributed by atoms with E-state index in [9.17, 15) is 19.2 Å². The Hall–Kier alpha value is -3.97. The van der Waals surface area contributed by atoms with Gasteiger partial charge in [-0.25, -0.2) is 4.79 Å². The lowest BCUT2D eigenvalue weighted by Gasteiger charge is -2.28. The Bertz CT molecular complexity index is 1420. The van der Waals surface area contributed by atoms with Crippen molar-refractivity contribution in [3.63, 3.8) is 0 Å². The summed E-state index contributed by atoms with van der Waals surface area (Å²) in [5.74, 6) is -1.37. The zero-order valence-corrected chi connectivity index (χ0v) is 21.1. The van der Waals surface area contributed by atoms with Crippen molar-refractivity contribution in [2.24, 2.45) is 23.7 Å². The molecule has 3 amide bonds. The number of benzene rings is 3. The molecule has 1 saturated heterocycles. The van der Waals surface area contributed by atoms with Crippen molar-refractivity contribution in [2.45, 2.75) is 18.8 Å². The summed E-state index contributed by atoms with van der Waals surface area (Å²) in [5, 5.41) is 3.08. The third-order valence-electron chi connectivity index (χ3n) is 8.05. The fraction of sp³-hybridized carbons (Fsp3) is 0.267. The average Bonchev–Trinajstić information content (AvgIpc) is 3.59. The molecule has 2 saturated carbocycles. The summed E-state index contributed by atoms with van der Waals surface area (Å²) in [7, 11) is 0. The van der Waals surface area contributed by atoms with Crippen LogP contribution in [0.5, 0.6) is 0 Å². The average molecular weight is 529 g/mol. The number of esters is 1. The number of nitrogens with zero attached hydrogens (tertiary/aromatic N) is 1. The molecule has 2 bridgehead atoms. The highest BCUT2D eigenvalue weighted by Gasteiger charge is 2.64. The third-order valence-corrected chi connectivity index (χ3v) is 8.28. The van der Waals surface area contributed by atoms with Crippen LogP contribution in [-0.4, -0.2) is 30.3 Å². The Morgan fingerprint density at radius 2 is 1.63 bits per heavy atom. The minimum atomic E-state index is -0.683. The summed E-state index contributed by atoms with van der Waals surface area (Å²) in [6.45, 7) is -0.467. The first-order chi connectivity index (χ1) is 18.4. The molecule has 8 heteroatoms. The standard InChI is InChI=1S/C30H25ClN2O5/c31-20-7-4-8-21(15-20)32-25(34)16-38-30(37)18-9-11-22(12-10-18)33-28(35)26-19-13-23(17-5-2-1-3-6-17)24(14-19)27(26)29(33)36/h1-12,15,19,23-24,26-27H,13-14,16H2,(H,32,34)/t19-,23-,24+,26+,27-/m0/s1. The minimum absolute atomic E-state index is 0.146. The number of carbonyl (C=O) groups is 4. The van der Waals surface area contributed by atoms with Crippen LogP contribution in [-0.2, 0) is 19.1 Å². The van der Waals surface area contributed by atoms with Gasteiger partial charge in [0.1, 0.15) is 0 Å². The molecule has 1 heterocycles. The third kappa shape index (κ3) is 4.27. The lowest BCUT2D eigenvalue weighted by atomic mass is 9.73. The van der Waals surface area contributed by atoms with Crippen LogP contribution < -0.4 is 10.2 Å². The van der Waals surface area contributed by atoms with Crippen molar-refractivity contribution in [1.29, 1.82) is 0 Å². The van der Waals surface area contributed by atoms with E-state index in [4.69, 9.17) is 16.3 Å². The summed E-state index contributed by atoms with van der Waals surface area (Å²) in [6, 6.07) is 23.0. The molecule has 38 heavy (non-hydrogen) atoms. The summed E-state index contributed by atoms with van der Waals surface area (Å²) < 4.78 is 5.12. The molecule has 0 unspecified atom stereocenters. The van der Waals surface area contributed by atoms with Crippen molar-refractivity contribution in [1.82, 2.24) is 0 Å². The van der Waals surface area contributed by atoms with Crippen LogP contribution in [0.25, 0.3) is 0 Å². The van der Waals surface area contributed by atoms with Crippen LogP contribution in [0.2, 0.25) is 5.02 Å². The van der Waals surface area contributed by atoms with Gasteiger partial charge in [-0.1, -0.05) is 48.0 Å². The van der Waals surface area contributed by atoms with Gasteiger partial charge < -0.3 is 10.1 Å². The smallest absolute Gasteiger partial charge is 0.338 e. The first-order valence-corrected chi connectivity index (χ1v) is 13.0. The van der Waals surface area contributed by atoms with Gasteiger partial charge in [0.2, 0.25) is 11.8 Å². The van der Waals surface area contributed by atoms with Gasteiger partial charge in [-0.05, 0) is 78.6 Å². The second-order valence-corrected chi connectivity index (χ2v) is 10.6. The molecule has 192 valence electrons. The van der Waals surface area contributed by atoms with Crippen LogP contribution >= 0.6 is 11.6 Å². The molecule has 6 rings (SSSR count). The number of carbonyl (C=O) groups excluding carboxylic acids is 4. The van der Waals surface area contributed by atoms with Gasteiger partial charge in [-0.15, -0.1) is 0 Å². The normalized spacial score (nSPS) is 25.4. The van der Waals surface area contributed by atoms with Gasteiger partial charge in [-0.2, -0.15) is 0 Å². The van der Waals surface area contributed by atoms with E-state index in [0.717, 1.165) is 12.8 Å². The zero-order chi connectivity index (χ0) is 26.4. The fourth-order valence-corrected chi connectivity index (χ4v) is 6.71. The fourth-order valence-electron chi connectivity index (χ4n) is 6.52. The quantitative estimate of drug-likeness (QED) is 0.356. The Morgan fingerprint density at radius 3 is 2.37 bits per heavy atom. The lowest BCUT2D eigenvalue weighted by Crippen LogP contribution is -2.33. The van der Waals surface area contributed by atoms with Crippen LogP contribution in [0.3, 0.4) is 0 Å². The number of anilines is 2. The number of amides is 3. The van der Waals surface area contributed by atoms with E-state index < -0.39 is 18.5 Å². The topological polar surface area (TPSA) is 92.8 Å². The van der Waals surface area contributed by atoms with Crippen LogP contribution in [0.15, 0.2) is 78.9 Å². The number of halogens is 1. The van der Waals surface area contributed by atoms with E-state index >= 15 is 0 Å². The summed E-state index contributed by atoms with van der Waals surface area (Å²) >= 11 is 5.91. The Balaban J connectivity index is 1.10. The monoisotopic (exact) mass is 528 g/mol. The first kappa shape index (κ1) is 24.4. The number of nitrogens with one attached hydrogen (secondary N) is 1. The summed E-state index contributed by atoms with van der Waals surface area (Å²) in [6.07, 6.45) is 1.84.